The van der Waals surface area contributed by atoms with E-state index in [1.165, 1.54) is 18.3 Å². The first-order chi connectivity index (χ1) is 14.3. The maximum absolute atomic E-state index is 11.2. The van der Waals surface area contributed by atoms with Crippen molar-refractivity contribution in [1.82, 2.24) is 9.38 Å². The monoisotopic (exact) mass is 478 g/mol. The SMILES string of the molecule is O=[N+]([O-])c1cc(C=Nc2c(-c3ccc(Cl)cc3Cl)nc3ccccn23)c(Cl)cc1Cl. The lowest BCUT2D eigenvalue weighted by molar-refractivity contribution is -0.384. The van der Waals surface area contributed by atoms with Gasteiger partial charge in [-0.3, -0.25) is 14.5 Å². The zero-order valence-electron chi connectivity index (χ0n) is 14.9. The largest absolute Gasteiger partial charge is 0.288 e. The van der Waals surface area contributed by atoms with E-state index in [4.69, 9.17) is 46.4 Å². The Hall–Kier alpha value is -2.64. The van der Waals surface area contributed by atoms with Crippen molar-refractivity contribution in [3.8, 4) is 11.3 Å². The zero-order valence-corrected chi connectivity index (χ0v) is 17.9. The Morgan fingerprint density at radius 1 is 1.00 bits per heavy atom. The average molecular weight is 480 g/mol. The second kappa shape index (κ2) is 8.24. The van der Waals surface area contributed by atoms with Crippen LogP contribution in [-0.2, 0) is 0 Å². The minimum Gasteiger partial charge on any atom is -0.284 e. The van der Waals surface area contributed by atoms with E-state index in [9.17, 15) is 10.1 Å². The number of imidazole rings is 1. The first-order valence-electron chi connectivity index (χ1n) is 8.45. The van der Waals surface area contributed by atoms with Gasteiger partial charge in [0.1, 0.15) is 16.4 Å². The predicted molar refractivity (Wildman–Crippen MR) is 121 cm³/mol. The minimum absolute atomic E-state index is 0.0504. The molecular weight excluding hydrogens is 470 g/mol. The van der Waals surface area contributed by atoms with Crippen LogP contribution in [0, 0.1) is 10.1 Å². The number of fused-ring (bicyclic) bond motifs is 1. The number of hydrogen-bond acceptors (Lipinski definition) is 4. The molecule has 2 heterocycles. The lowest BCUT2D eigenvalue weighted by Crippen LogP contribution is -1.93. The molecule has 0 fully saturated rings. The Morgan fingerprint density at radius 2 is 1.80 bits per heavy atom. The topological polar surface area (TPSA) is 72.8 Å². The van der Waals surface area contributed by atoms with Gasteiger partial charge in [0.2, 0.25) is 0 Å². The van der Waals surface area contributed by atoms with Crippen molar-refractivity contribution < 1.29 is 4.92 Å². The summed E-state index contributed by atoms with van der Waals surface area (Å²) in [5, 5.41) is 12.3. The molecule has 0 saturated heterocycles. The number of hydrogen-bond donors (Lipinski definition) is 0. The van der Waals surface area contributed by atoms with Crippen LogP contribution < -0.4 is 0 Å². The van der Waals surface area contributed by atoms with E-state index in [0.717, 1.165) is 0 Å². The summed E-state index contributed by atoms with van der Waals surface area (Å²) < 4.78 is 1.77. The van der Waals surface area contributed by atoms with Crippen molar-refractivity contribution in [2.45, 2.75) is 0 Å². The molecule has 0 unspecified atom stereocenters. The van der Waals surface area contributed by atoms with Gasteiger partial charge in [0, 0.05) is 34.6 Å². The summed E-state index contributed by atoms with van der Waals surface area (Å²) in [5.41, 5.74) is 1.90. The lowest BCUT2D eigenvalue weighted by atomic mass is 10.1. The Kier molecular flexibility index (Phi) is 5.66. The smallest absolute Gasteiger partial charge is 0.284 e. The van der Waals surface area contributed by atoms with Gasteiger partial charge in [-0.05, 0) is 36.4 Å². The van der Waals surface area contributed by atoms with Gasteiger partial charge < -0.3 is 0 Å². The Balaban J connectivity index is 1.89. The fraction of sp³-hybridized carbons (Fsp3) is 0. The number of benzene rings is 2. The van der Waals surface area contributed by atoms with Crippen LogP contribution in [0.5, 0.6) is 0 Å². The number of nitro benzene ring substituents is 1. The molecule has 0 amide bonds. The molecule has 0 saturated carbocycles. The minimum atomic E-state index is -0.580. The number of nitrogens with zero attached hydrogens (tertiary/aromatic N) is 4. The highest BCUT2D eigenvalue weighted by Crippen LogP contribution is 2.37. The normalized spacial score (nSPS) is 11.5. The van der Waals surface area contributed by atoms with E-state index in [0.29, 0.717) is 38.3 Å². The highest BCUT2D eigenvalue weighted by atomic mass is 35.5. The Labute approximate surface area is 190 Å². The second-order valence-electron chi connectivity index (χ2n) is 6.18. The highest BCUT2D eigenvalue weighted by molar-refractivity contribution is 6.37. The lowest BCUT2D eigenvalue weighted by Gasteiger charge is -2.04. The average Bonchev–Trinajstić information content (AvgIpc) is 3.05. The summed E-state index contributed by atoms with van der Waals surface area (Å²) in [4.78, 5) is 19.8. The molecule has 0 aliphatic carbocycles. The van der Waals surface area contributed by atoms with E-state index < -0.39 is 4.92 Å². The van der Waals surface area contributed by atoms with Gasteiger partial charge in [-0.15, -0.1) is 0 Å². The molecule has 4 aromatic rings. The van der Waals surface area contributed by atoms with E-state index >= 15 is 0 Å². The summed E-state index contributed by atoms with van der Waals surface area (Å²) >= 11 is 24.5. The van der Waals surface area contributed by atoms with Gasteiger partial charge in [0.15, 0.2) is 5.82 Å². The highest BCUT2D eigenvalue weighted by Gasteiger charge is 2.18. The molecule has 0 spiro atoms. The third kappa shape index (κ3) is 3.87. The summed E-state index contributed by atoms with van der Waals surface area (Å²) in [5.74, 6) is 0.475. The fourth-order valence-corrected chi connectivity index (χ4v) is 3.89. The van der Waals surface area contributed by atoms with Gasteiger partial charge in [-0.2, -0.15) is 0 Å². The van der Waals surface area contributed by atoms with Crippen LogP contribution in [-0.4, -0.2) is 20.5 Å². The van der Waals surface area contributed by atoms with Crippen LogP contribution in [0.3, 0.4) is 0 Å². The van der Waals surface area contributed by atoms with Crippen LogP contribution in [0.4, 0.5) is 11.5 Å². The van der Waals surface area contributed by atoms with E-state index in [1.807, 2.05) is 18.2 Å². The molecule has 2 aromatic carbocycles. The molecule has 6 nitrogen and oxygen atoms in total. The molecule has 0 atom stereocenters. The van der Waals surface area contributed by atoms with Gasteiger partial charge in [0.25, 0.3) is 5.69 Å². The molecule has 0 aliphatic heterocycles. The number of pyridine rings is 1. The van der Waals surface area contributed by atoms with Crippen LogP contribution in [0.2, 0.25) is 20.1 Å². The summed E-state index contributed by atoms with van der Waals surface area (Å²) in [6, 6.07) is 13.2. The maximum atomic E-state index is 11.2. The summed E-state index contributed by atoms with van der Waals surface area (Å²) in [7, 11) is 0. The van der Waals surface area contributed by atoms with Crippen LogP contribution in [0.25, 0.3) is 16.9 Å². The first-order valence-corrected chi connectivity index (χ1v) is 9.96. The van der Waals surface area contributed by atoms with Gasteiger partial charge in [0.05, 0.1) is 15.0 Å². The molecule has 0 bridgehead atoms. The molecule has 0 N–H and O–H groups in total. The van der Waals surface area contributed by atoms with Crippen molar-refractivity contribution in [1.29, 1.82) is 0 Å². The maximum Gasteiger partial charge on any atom is 0.288 e. The molecule has 2 aromatic heterocycles. The quantitative estimate of drug-likeness (QED) is 0.175. The first kappa shape index (κ1) is 20.6. The van der Waals surface area contributed by atoms with E-state index in [-0.39, 0.29) is 15.7 Å². The standard InChI is InChI=1S/C20H10Cl4N4O2/c21-12-4-5-13(15(23)8-12)19-20(27-6-2-1-3-18(27)26-19)25-10-11-7-17(28(29)30)16(24)9-14(11)22/h1-10H. The van der Waals surface area contributed by atoms with Gasteiger partial charge in [-0.25, -0.2) is 9.98 Å². The Bertz CT molecular complexity index is 1330. The number of nitro groups is 1. The van der Waals surface area contributed by atoms with Crippen molar-refractivity contribution in [3.05, 3.63) is 90.5 Å². The van der Waals surface area contributed by atoms with Crippen LogP contribution in [0.1, 0.15) is 5.56 Å². The van der Waals surface area contributed by atoms with Crippen molar-refractivity contribution in [3.63, 3.8) is 0 Å². The molecule has 10 heteroatoms. The van der Waals surface area contributed by atoms with Crippen molar-refractivity contribution >= 4 is 69.8 Å². The second-order valence-corrected chi connectivity index (χ2v) is 7.84. The Morgan fingerprint density at radius 3 is 2.53 bits per heavy atom. The number of aromatic nitrogens is 2. The van der Waals surface area contributed by atoms with Crippen LogP contribution in [0.15, 0.2) is 59.7 Å². The number of halogens is 4. The number of aliphatic imine (C=N–C) groups is 1. The third-order valence-corrected chi connectivity index (χ3v) is 5.46. The molecule has 30 heavy (non-hydrogen) atoms. The van der Waals surface area contributed by atoms with Gasteiger partial charge in [-0.1, -0.05) is 52.5 Å². The van der Waals surface area contributed by atoms with Crippen LogP contribution >= 0.6 is 46.4 Å². The summed E-state index contributed by atoms with van der Waals surface area (Å²) in [6.45, 7) is 0. The molecule has 150 valence electrons. The summed E-state index contributed by atoms with van der Waals surface area (Å²) in [6.07, 6.45) is 3.23. The predicted octanol–water partition coefficient (Wildman–Crippen LogP) is 7.27. The third-order valence-electron chi connectivity index (χ3n) is 4.28. The fourth-order valence-electron chi connectivity index (χ4n) is 2.89. The van der Waals surface area contributed by atoms with E-state index in [2.05, 4.69) is 9.98 Å². The van der Waals surface area contributed by atoms with Crippen molar-refractivity contribution in [2.24, 2.45) is 4.99 Å². The van der Waals surface area contributed by atoms with E-state index in [1.54, 1.807) is 28.8 Å². The van der Waals surface area contributed by atoms with Crippen molar-refractivity contribution in [2.75, 3.05) is 0 Å². The number of rotatable bonds is 4. The molecule has 0 aliphatic rings. The van der Waals surface area contributed by atoms with Gasteiger partial charge >= 0.3 is 0 Å². The molecular formula is C20H10Cl4N4O2. The zero-order chi connectivity index (χ0) is 21.4. The molecule has 4 rings (SSSR count). The molecule has 0 radical (unpaired) electrons.